The lowest BCUT2D eigenvalue weighted by Gasteiger charge is -2.36. The molecule has 2 fully saturated rings. The summed E-state index contributed by atoms with van der Waals surface area (Å²) in [7, 11) is 0. The second-order valence-corrected chi connectivity index (χ2v) is 12.0. The van der Waals surface area contributed by atoms with E-state index >= 15 is 0 Å². The van der Waals surface area contributed by atoms with Crippen molar-refractivity contribution in [3.8, 4) is 0 Å². The number of hydrogen-bond donors (Lipinski definition) is 1. The van der Waals surface area contributed by atoms with Crippen molar-refractivity contribution in [2.75, 3.05) is 31.5 Å². The van der Waals surface area contributed by atoms with Crippen LogP contribution in [0.5, 0.6) is 0 Å². The zero-order chi connectivity index (χ0) is 24.7. The summed E-state index contributed by atoms with van der Waals surface area (Å²) in [6.45, 7) is 14.4. The third kappa shape index (κ3) is 6.16. The molecule has 1 aromatic carbocycles. The van der Waals surface area contributed by atoms with Crippen LogP contribution in [0.4, 0.5) is 15.3 Å². The molecule has 1 saturated carbocycles. The predicted octanol–water partition coefficient (Wildman–Crippen LogP) is 5.39. The van der Waals surface area contributed by atoms with Crippen molar-refractivity contribution in [3.63, 3.8) is 0 Å². The number of anilines is 1. The number of piperidine rings is 1. The van der Waals surface area contributed by atoms with Gasteiger partial charge < -0.3 is 24.6 Å². The molecule has 0 spiro atoms. The van der Waals surface area contributed by atoms with Gasteiger partial charge in [-0.25, -0.2) is 9.59 Å². The number of hydrogen-bond acceptors (Lipinski definition) is 5. The van der Waals surface area contributed by atoms with Gasteiger partial charge in [-0.3, -0.25) is 0 Å². The molecule has 1 aromatic rings. The molecule has 3 aliphatic rings. The molecule has 0 radical (unpaired) electrons. The molecule has 7 heteroatoms. The molecule has 4 rings (SSSR count). The van der Waals surface area contributed by atoms with Crippen LogP contribution in [0.15, 0.2) is 18.2 Å². The molecule has 188 valence electrons. The molecule has 2 aliphatic heterocycles. The van der Waals surface area contributed by atoms with E-state index in [-0.39, 0.29) is 18.2 Å². The van der Waals surface area contributed by atoms with Gasteiger partial charge in [0.1, 0.15) is 11.2 Å². The van der Waals surface area contributed by atoms with Crippen LogP contribution in [0, 0.1) is 5.92 Å². The zero-order valence-electron chi connectivity index (χ0n) is 21.6. The first-order chi connectivity index (χ1) is 15.9. The van der Waals surface area contributed by atoms with Crippen molar-refractivity contribution < 1.29 is 19.1 Å². The van der Waals surface area contributed by atoms with E-state index in [1.807, 2.05) is 46.4 Å². The number of ether oxygens (including phenoxy) is 2. The van der Waals surface area contributed by atoms with Crippen LogP contribution in [0.25, 0.3) is 0 Å². The van der Waals surface area contributed by atoms with Crippen molar-refractivity contribution in [3.05, 3.63) is 29.3 Å². The molecule has 1 N–H and O–H groups in total. The van der Waals surface area contributed by atoms with Gasteiger partial charge in [0.15, 0.2) is 0 Å². The van der Waals surface area contributed by atoms with Crippen LogP contribution in [0.2, 0.25) is 0 Å². The minimum Gasteiger partial charge on any atom is -0.444 e. The number of nitrogens with one attached hydrogen (secondary N) is 1. The number of nitrogens with zero attached hydrogens (tertiary/aromatic N) is 2. The quantitative estimate of drug-likeness (QED) is 0.637. The molecule has 2 heterocycles. The standard InChI is InChI=1S/C27H41N3O4/c1-26(2,3)33-24(31)29-13-10-18(11-14-29)17-30(25(32)34-27(4,5)6)23-16-21(23)19-7-8-22-20(15-19)9-12-28-22/h7-8,15,18,21,23,28H,9-14,16-17H2,1-6H3/t21?,23-/m0/s1. The van der Waals surface area contributed by atoms with E-state index in [1.54, 1.807) is 4.90 Å². The molecule has 0 bridgehead atoms. The van der Waals surface area contributed by atoms with E-state index in [2.05, 4.69) is 23.5 Å². The number of fused-ring (bicyclic) bond motifs is 1. The van der Waals surface area contributed by atoms with Gasteiger partial charge >= 0.3 is 12.2 Å². The van der Waals surface area contributed by atoms with Gasteiger partial charge in [-0.05, 0) is 90.3 Å². The van der Waals surface area contributed by atoms with Crippen LogP contribution in [-0.2, 0) is 15.9 Å². The average Bonchev–Trinajstić information content (AvgIpc) is 3.37. The summed E-state index contributed by atoms with van der Waals surface area (Å²) in [4.78, 5) is 29.4. The molecule has 2 atom stereocenters. The highest BCUT2D eigenvalue weighted by Crippen LogP contribution is 2.46. The molecular weight excluding hydrogens is 430 g/mol. The zero-order valence-corrected chi connectivity index (χ0v) is 21.6. The first kappa shape index (κ1) is 24.7. The molecule has 34 heavy (non-hydrogen) atoms. The minimum atomic E-state index is -0.529. The predicted molar refractivity (Wildman–Crippen MR) is 133 cm³/mol. The Morgan fingerprint density at radius 1 is 1.06 bits per heavy atom. The van der Waals surface area contributed by atoms with Crippen LogP contribution in [0.1, 0.15) is 77.8 Å². The van der Waals surface area contributed by atoms with Gasteiger partial charge in [0.2, 0.25) is 0 Å². The molecule has 7 nitrogen and oxygen atoms in total. The number of amides is 2. The lowest BCUT2D eigenvalue weighted by atomic mass is 9.96. The van der Waals surface area contributed by atoms with Gasteiger partial charge in [-0.1, -0.05) is 12.1 Å². The van der Waals surface area contributed by atoms with Crippen LogP contribution < -0.4 is 5.32 Å². The first-order valence-corrected chi connectivity index (χ1v) is 12.7. The molecular formula is C27H41N3O4. The largest absolute Gasteiger partial charge is 0.444 e. The number of rotatable bonds is 4. The van der Waals surface area contributed by atoms with E-state index in [0.29, 0.717) is 31.5 Å². The van der Waals surface area contributed by atoms with Gasteiger partial charge in [0.25, 0.3) is 0 Å². The van der Waals surface area contributed by atoms with Crippen molar-refractivity contribution in [1.29, 1.82) is 0 Å². The highest BCUT2D eigenvalue weighted by Gasteiger charge is 2.47. The van der Waals surface area contributed by atoms with Gasteiger partial charge in [0, 0.05) is 43.8 Å². The Hall–Kier alpha value is -2.44. The molecule has 1 aliphatic carbocycles. The average molecular weight is 472 g/mol. The summed E-state index contributed by atoms with van der Waals surface area (Å²) in [5, 5.41) is 3.42. The number of carbonyl (C=O) groups is 2. The Morgan fingerprint density at radius 3 is 2.38 bits per heavy atom. The summed E-state index contributed by atoms with van der Waals surface area (Å²) in [5.74, 6) is 0.706. The van der Waals surface area contributed by atoms with Gasteiger partial charge in [-0.2, -0.15) is 0 Å². The fourth-order valence-electron chi connectivity index (χ4n) is 5.01. The molecule has 1 unspecified atom stereocenters. The van der Waals surface area contributed by atoms with E-state index in [9.17, 15) is 9.59 Å². The van der Waals surface area contributed by atoms with Crippen LogP contribution >= 0.6 is 0 Å². The Kier molecular flexibility index (Phi) is 6.76. The summed E-state index contributed by atoms with van der Waals surface area (Å²) in [6.07, 6.45) is 3.29. The van der Waals surface area contributed by atoms with Gasteiger partial charge in [-0.15, -0.1) is 0 Å². The monoisotopic (exact) mass is 471 g/mol. The highest BCUT2D eigenvalue weighted by molar-refractivity contribution is 5.70. The SMILES string of the molecule is CC(C)(C)OC(=O)N1CCC(CN(C(=O)OC(C)(C)C)[C@H]2CC2c2ccc3c(c2)CCN3)CC1. The second kappa shape index (κ2) is 9.31. The van der Waals surface area contributed by atoms with Crippen LogP contribution in [-0.4, -0.2) is 65.4 Å². The summed E-state index contributed by atoms with van der Waals surface area (Å²) in [5.41, 5.74) is 2.92. The Labute approximate surface area is 204 Å². The second-order valence-electron chi connectivity index (χ2n) is 12.0. The van der Waals surface area contributed by atoms with Crippen LogP contribution in [0.3, 0.4) is 0 Å². The number of benzene rings is 1. The maximum atomic E-state index is 13.2. The fraction of sp³-hybridized carbons (Fsp3) is 0.704. The maximum Gasteiger partial charge on any atom is 0.410 e. The summed E-state index contributed by atoms with van der Waals surface area (Å²) < 4.78 is 11.3. The van der Waals surface area contributed by atoms with Crippen molar-refractivity contribution in [2.45, 2.75) is 90.4 Å². The molecule has 1 saturated heterocycles. The Morgan fingerprint density at radius 2 is 1.74 bits per heavy atom. The van der Waals surface area contributed by atoms with Crippen molar-refractivity contribution >= 4 is 17.9 Å². The third-order valence-electron chi connectivity index (χ3n) is 6.77. The minimum absolute atomic E-state index is 0.172. The topological polar surface area (TPSA) is 71.1 Å². The summed E-state index contributed by atoms with van der Waals surface area (Å²) in [6, 6.07) is 6.87. The number of carbonyl (C=O) groups excluding carboxylic acids is 2. The summed E-state index contributed by atoms with van der Waals surface area (Å²) >= 11 is 0. The first-order valence-electron chi connectivity index (χ1n) is 12.7. The highest BCUT2D eigenvalue weighted by atomic mass is 16.6. The number of likely N-dealkylation sites (tertiary alicyclic amines) is 1. The smallest absolute Gasteiger partial charge is 0.410 e. The van der Waals surface area contributed by atoms with E-state index in [0.717, 1.165) is 32.2 Å². The Balaban J connectivity index is 1.39. The van der Waals surface area contributed by atoms with Gasteiger partial charge in [0.05, 0.1) is 0 Å². The van der Waals surface area contributed by atoms with E-state index < -0.39 is 11.2 Å². The lowest BCUT2D eigenvalue weighted by molar-refractivity contribution is 0.00849. The van der Waals surface area contributed by atoms with E-state index in [4.69, 9.17) is 9.47 Å². The fourth-order valence-corrected chi connectivity index (χ4v) is 5.01. The normalized spacial score (nSPS) is 22.6. The molecule has 0 aromatic heterocycles. The third-order valence-corrected chi connectivity index (χ3v) is 6.77. The molecule has 2 amide bonds. The lowest BCUT2D eigenvalue weighted by Crippen LogP contribution is -2.46. The Bertz CT molecular complexity index is 909. The van der Waals surface area contributed by atoms with Crippen molar-refractivity contribution in [2.24, 2.45) is 5.92 Å². The maximum absolute atomic E-state index is 13.2. The van der Waals surface area contributed by atoms with Crippen molar-refractivity contribution in [1.82, 2.24) is 9.80 Å². The van der Waals surface area contributed by atoms with E-state index in [1.165, 1.54) is 16.8 Å².